The van der Waals surface area contributed by atoms with Gasteiger partial charge in [-0.15, -0.1) is 10.2 Å². The van der Waals surface area contributed by atoms with E-state index in [1.807, 2.05) is 0 Å². The summed E-state index contributed by atoms with van der Waals surface area (Å²) in [4.78, 5) is 11.6. The summed E-state index contributed by atoms with van der Waals surface area (Å²) in [5.74, 6) is -0.854. The lowest BCUT2D eigenvalue weighted by molar-refractivity contribution is -0.139. The van der Waals surface area contributed by atoms with Crippen molar-refractivity contribution < 1.29 is 13.9 Å². The van der Waals surface area contributed by atoms with Crippen molar-refractivity contribution >= 4 is 22.8 Å². The van der Waals surface area contributed by atoms with E-state index in [1.54, 1.807) is 28.9 Å². The zero-order chi connectivity index (χ0) is 16.7. The highest BCUT2D eigenvalue weighted by molar-refractivity contribution is 5.82. The van der Waals surface area contributed by atoms with Gasteiger partial charge in [-0.05, 0) is 18.2 Å². The van der Waals surface area contributed by atoms with E-state index in [0.29, 0.717) is 28.2 Å². The molecule has 0 amide bonds. The van der Waals surface area contributed by atoms with Crippen molar-refractivity contribution in [3.05, 3.63) is 48.0 Å². The van der Waals surface area contributed by atoms with Gasteiger partial charge >= 0.3 is 5.97 Å². The van der Waals surface area contributed by atoms with Crippen LogP contribution >= 0.6 is 0 Å². The molecule has 9 heteroatoms. The number of carbonyl (C=O) groups is 1. The second-order valence-electron chi connectivity index (χ2n) is 5.06. The molecule has 0 atom stereocenters. The molecule has 3 aromatic heterocycles. The number of hydrogen-bond donors (Lipinski definition) is 0. The SMILES string of the molecule is COC(=O)Cc1nn(-c2cccc(F)c2)c2c1nnc1ccnn12. The van der Waals surface area contributed by atoms with E-state index in [2.05, 4.69) is 20.4 Å². The van der Waals surface area contributed by atoms with Gasteiger partial charge in [0.25, 0.3) is 0 Å². The van der Waals surface area contributed by atoms with E-state index in [4.69, 9.17) is 4.74 Å². The minimum atomic E-state index is -0.455. The van der Waals surface area contributed by atoms with Crippen LogP contribution in [0.1, 0.15) is 5.69 Å². The Kier molecular flexibility index (Phi) is 3.19. The molecule has 0 bridgehead atoms. The van der Waals surface area contributed by atoms with Gasteiger partial charge in [0.1, 0.15) is 11.5 Å². The predicted octanol–water partition coefficient (Wildman–Crippen LogP) is 1.32. The molecule has 0 aliphatic carbocycles. The molecule has 120 valence electrons. The summed E-state index contributed by atoms with van der Waals surface area (Å²) in [5.41, 5.74) is 2.28. The molecule has 0 unspecified atom stereocenters. The average molecular weight is 326 g/mol. The van der Waals surface area contributed by atoms with Gasteiger partial charge in [0, 0.05) is 6.07 Å². The second kappa shape index (κ2) is 5.37. The van der Waals surface area contributed by atoms with Crippen molar-refractivity contribution in [2.45, 2.75) is 6.42 Å². The van der Waals surface area contributed by atoms with Gasteiger partial charge in [-0.1, -0.05) is 6.07 Å². The van der Waals surface area contributed by atoms with Crippen molar-refractivity contribution in [3.8, 4) is 5.69 Å². The number of hydrogen-bond acceptors (Lipinski definition) is 6. The number of ether oxygens (including phenoxy) is 1. The number of fused-ring (bicyclic) bond motifs is 3. The van der Waals surface area contributed by atoms with Crippen LogP contribution in [0.15, 0.2) is 36.5 Å². The molecule has 3 heterocycles. The molecule has 8 nitrogen and oxygen atoms in total. The Balaban J connectivity index is 2.04. The minimum absolute atomic E-state index is 0.0726. The molecule has 0 saturated carbocycles. The average Bonchev–Trinajstić information content (AvgIpc) is 3.19. The Morgan fingerprint density at radius 3 is 2.96 bits per heavy atom. The van der Waals surface area contributed by atoms with E-state index in [0.717, 1.165) is 0 Å². The summed E-state index contributed by atoms with van der Waals surface area (Å²) in [7, 11) is 1.30. The maximum atomic E-state index is 13.6. The smallest absolute Gasteiger partial charge is 0.311 e. The van der Waals surface area contributed by atoms with Gasteiger partial charge < -0.3 is 4.74 Å². The van der Waals surface area contributed by atoms with Crippen LogP contribution in [0, 0.1) is 5.82 Å². The zero-order valence-electron chi connectivity index (χ0n) is 12.5. The van der Waals surface area contributed by atoms with Crippen LogP contribution in [0.2, 0.25) is 0 Å². The topological polar surface area (TPSA) is 87.2 Å². The number of halogens is 1. The Morgan fingerprint density at radius 1 is 1.29 bits per heavy atom. The Labute approximate surface area is 134 Å². The van der Waals surface area contributed by atoms with Crippen LogP contribution in [-0.2, 0) is 16.0 Å². The van der Waals surface area contributed by atoms with Crippen molar-refractivity contribution in [2.75, 3.05) is 7.11 Å². The first-order chi connectivity index (χ1) is 11.7. The van der Waals surface area contributed by atoms with Gasteiger partial charge in [-0.25, -0.2) is 9.07 Å². The first kappa shape index (κ1) is 14.2. The summed E-state index contributed by atoms with van der Waals surface area (Å²) in [6.45, 7) is 0. The lowest BCUT2D eigenvalue weighted by atomic mass is 10.3. The number of methoxy groups -OCH3 is 1. The van der Waals surface area contributed by atoms with Gasteiger partial charge in [0.05, 0.1) is 25.4 Å². The Hall–Kier alpha value is -3.36. The van der Waals surface area contributed by atoms with Crippen LogP contribution in [-0.4, -0.2) is 42.7 Å². The summed E-state index contributed by atoms with van der Waals surface area (Å²) >= 11 is 0. The summed E-state index contributed by atoms with van der Waals surface area (Å²) in [6.07, 6.45) is 1.50. The standard InChI is InChI=1S/C15H11FN6O2/c1-24-13(23)8-11-14-15(22-12(18-19-14)5-6-17-22)21(20-11)10-4-2-3-9(16)7-10/h2-7H,8H2,1H3. The highest BCUT2D eigenvalue weighted by Gasteiger charge is 2.20. The van der Waals surface area contributed by atoms with E-state index < -0.39 is 11.8 Å². The fourth-order valence-corrected chi connectivity index (χ4v) is 2.49. The first-order valence-electron chi connectivity index (χ1n) is 7.08. The van der Waals surface area contributed by atoms with Crippen LogP contribution in [0.3, 0.4) is 0 Å². The van der Waals surface area contributed by atoms with Crippen molar-refractivity contribution in [2.24, 2.45) is 0 Å². The molecular formula is C15H11FN6O2. The third kappa shape index (κ3) is 2.18. The zero-order valence-corrected chi connectivity index (χ0v) is 12.5. The minimum Gasteiger partial charge on any atom is -0.469 e. The number of aromatic nitrogens is 6. The van der Waals surface area contributed by atoms with E-state index in [9.17, 15) is 9.18 Å². The lowest BCUT2D eigenvalue weighted by Gasteiger charge is -2.04. The summed E-state index contributed by atoms with van der Waals surface area (Å²) in [6, 6.07) is 7.65. The number of carbonyl (C=O) groups excluding carboxylic acids is 1. The van der Waals surface area contributed by atoms with E-state index >= 15 is 0 Å². The summed E-state index contributed by atoms with van der Waals surface area (Å²) < 4.78 is 21.3. The molecule has 0 fully saturated rings. The highest BCUT2D eigenvalue weighted by atomic mass is 19.1. The van der Waals surface area contributed by atoms with Crippen molar-refractivity contribution in [3.63, 3.8) is 0 Å². The van der Waals surface area contributed by atoms with Crippen LogP contribution in [0.4, 0.5) is 4.39 Å². The fourth-order valence-electron chi connectivity index (χ4n) is 2.49. The lowest BCUT2D eigenvalue weighted by Crippen LogP contribution is -2.06. The van der Waals surface area contributed by atoms with Gasteiger partial charge in [0.15, 0.2) is 16.8 Å². The Bertz CT molecular complexity index is 1070. The fraction of sp³-hybridized carbons (Fsp3) is 0.133. The number of benzene rings is 1. The quantitative estimate of drug-likeness (QED) is 0.528. The highest BCUT2D eigenvalue weighted by Crippen LogP contribution is 2.21. The van der Waals surface area contributed by atoms with E-state index in [-0.39, 0.29) is 6.42 Å². The number of rotatable bonds is 3. The maximum Gasteiger partial charge on any atom is 0.311 e. The number of nitrogens with zero attached hydrogens (tertiary/aromatic N) is 6. The van der Waals surface area contributed by atoms with Gasteiger partial charge in [-0.2, -0.15) is 14.7 Å². The molecule has 24 heavy (non-hydrogen) atoms. The van der Waals surface area contributed by atoms with Gasteiger partial charge in [0.2, 0.25) is 0 Å². The monoisotopic (exact) mass is 326 g/mol. The molecule has 0 aliphatic rings. The molecule has 0 radical (unpaired) electrons. The largest absolute Gasteiger partial charge is 0.469 e. The van der Waals surface area contributed by atoms with Crippen LogP contribution < -0.4 is 0 Å². The molecule has 0 aliphatic heterocycles. The molecule has 4 aromatic rings. The van der Waals surface area contributed by atoms with Crippen LogP contribution in [0.25, 0.3) is 22.5 Å². The third-order valence-electron chi connectivity index (χ3n) is 3.57. The van der Waals surface area contributed by atoms with E-state index in [1.165, 1.54) is 23.9 Å². The third-order valence-corrected chi connectivity index (χ3v) is 3.57. The second-order valence-corrected chi connectivity index (χ2v) is 5.06. The van der Waals surface area contributed by atoms with Crippen LogP contribution in [0.5, 0.6) is 0 Å². The molecule has 4 rings (SSSR count). The van der Waals surface area contributed by atoms with Crippen molar-refractivity contribution in [1.82, 2.24) is 29.6 Å². The molecular weight excluding hydrogens is 315 g/mol. The molecule has 0 spiro atoms. The number of esters is 1. The Morgan fingerprint density at radius 2 is 2.17 bits per heavy atom. The molecule has 1 aromatic carbocycles. The predicted molar refractivity (Wildman–Crippen MR) is 81.1 cm³/mol. The maximum absolute atomic E-state index is 13.6. The van der Waals surface area contributed by atoms with Crippen molar-refractivity contribution in [1.29, 1.82) is 0 Å². The normalized spacial score (nSPS) is 11.2. The summed E-state index contributed by atoms with van der Waals surface area (Å²) in [5, 5.41) is 16.8. The molecule has 0 N–H and O–H groups in total. The molecule has 0 saturated heterocycles. The first-order valence-corrected chi connectivity index (χ1v) is 7.08. The van der Waals surface area contributed by atoms with Gasteiger partial charge in [-0.3, -0.25) is 4.79 Å².